The highest BCUT2D eigenvalue weighted by atomic mass is 32.2. The van der Waals surface area contributed by atoms with E-state index in [9.17, 15) is 13.5 Å². The number of aliphatic hydroxyl groups is 1. The SMILES string of the molecule is CSCC(C)(O)CNS(=O)(=O)c1cnc[nH]1. The van der Waals surface area contributed by atoms with Gasteiger partial charge in [-0.2, -0.15) is 11.8 Å². The van der Waals surface area contributed by atoms with Crippen LogP contribution in [0.15, 0.2) is 17.6 Å². The Balaban J connectivity index is 2.62. The molecule has 0 bridgehead atoms. The fraction of sp³-hybridized carbons (Fsp3) is 0.625. The van der Waals surface area contributed by atoms with Crippen molar-refractivity contribution in [3.05, 3.63) is 12.5 Å². The predicted octanol–water partition coefficient (Wildman–Crippen LogP) is -0.198. The van der Waals surface area contributed by atoms with Gasteiger partial charge < -0.3 is 10.1 Å². The number of H-pyrrole nitrogens is 1. The Morgan fingerprint density at radius 3 is 2.88 bits per heavy atom. The zero-order chi connectivity index (χ0) is 12.2. The number of imidazole rings is 1. The van der Waals surface area contributed by atoms with Gasteiger partial charge >= 0.3 is 0 Å². The molecule has 6 nitrogen and oxygen atoms in total. The molecule has 0 aliphatic carbocycles. The summed E-state index contributed by atoms with van der Waals surface area (Å²) in [5, 5.41) is 9.79. The molecule has 0 fully saturated rings. The van der Waals surface area contributed by atoms with Crippen molar-refractivity contribution < 1.29 is 13.5 Å². The normalized spacial score (nSPS) is 15.9. The molecule has 1 unspecified atom stereocenters. The molecular formula is C8H15N3O3S2. The maximum Gasteiger partial charge on any atom is 0.257 e. The highest BCUT2D eigenvalue weighted by Gasteiger charge is 2.24. The van der Waals surface area contributed by atoms with Crippen LogP contribution in [0, 0.1) is 0 Å². The molecule has 0 radical (unpaired) electrons. The molecule has 0 saturated heterocycles. The number of aromatic amines is 1. The summed E-state index contributed by atoms with van der Waals surface area (Å²) in [6, 6.07) is 0. The maximum atomic E-state index is 11.6. The van der Waals surface area contributed by atoms with Gasteiger partial charge in [0.05, 0.1) is 18.1 Å². The smallest absolute Gasteiger partial charge is 0.257 e. The van der Waals surface area contributed by atoms with Crippen molar-refractivity contribution in [1.29, 1.82) is 0 Å². The van der Waals surface area contributed by atoms with E-state index in [-0.39, 0.29) is 11.6 Å². The van der Waals surface area contributed by atoms with Gasteiger partial charge in [0.2, 0.25) is 0 Å². The second-order valence-electron chi connectivity index (χ2n) is 3.67. The minimum atomic E-state index is -3.61. The third-order valence-corrected chi connectivity index (χ3v) is 4.10. The monoisotopic (exact) mass is 265 g/mol. The van der Waals surface area contributed by atoms with Crippen LogP contribution in [0.2, 0.25) is 0 Å². The summed E-state index contributed by atoms with van der Waals surface area (Å²) >= 11 is 1.45. The lowest BCUT2D eigenvalue weighted by Crippen LogP contribution is -2.42. The number of rotatable bonds is 6. The fourth-order valence-corrected chi connectivity index (χ4v) is 2.87. The molecule has 3 N–H and O–H groups in total. The van der Waals surface area contributed by atoms with Crippen LogP contribution in [0.3, 0.4) is 0 Å². The van der Waals surface area contributed by atoms with Crippen LogP contribution in [0.5, 0.6) is 0 Å². The molecule has 0 saturated carbocycles. The van der Waals surface area contributed by atoms with Gasteiger partial charge in [-0.15, -0.1) is 0 Å². The van der Waals surface area contributed by atoms with E-state index >= 15 is 0 Å². The van der Waals surface area contributed by atoms with Crippen LogP contribution in [0.25, 0.3) is 0 Å². The average Bonchev–Trinajstić information content (AvgIpc) is 2.68. The Bertz CT molecular complexity index is 414. The van der Waals surface area contributed by atoms with E-state index in [2.05, 4.69) is 14.7 Å². The molecule has 8 heteroatoms. The number of thioether (sulfide) groups is 1. The Hall–Kier alpha value is -0.570. The van der Waals surface area contributed by atoms with Crippen LogP contribution >= 0.6 is 11.8 Å². The largest absolute Gasteiger partial charge is 0.388 e. The van der Waals surface area contributed by atoms with Gasteiger partial charge in [-0.25, -0.2) is 18.1 Å². The highest BCUT2D eigenvalue weighted by Crippen LogP contribution is 2.10. The van der Waals surface area contributed by atoms with Gasteiger partial charge in [0, 0.05) is 12.3 Å². The second kappa shape index (κ2) is 5.17. The lowest BCUT2D eigenvalue weighted by Gasteiger charge is -2.22. The summed E-state index contributed by atoms with van der Waals surface area (Å²) in [6.07, 6.45) is 4.35. The second-order valence-corrected chi connectivity index (χ2v) is 6.27. The van der Waals surface area contributed by atoms with E-state index < -0.39 is 15.6 Å². The van der Waals surface area contributed by atoms with Crippen molar-refractivity contribution in [2.45, 2.75) is 17.6 Å². The Labute approximate surface area is 98.9 Å². The van der Waals surface area contributed by atoms with Gasteiger partial charge in [-0.1, -0.05) is 0 Å². The summed E-state index contributed by atoms with van der Waals surface area (Å²) < 4.78 is 25.6. The molecule has 1 aromatic heterocycles. The molecule has 16 heavy (non-hydrogen) atoms. The molecule has 0 aliphatic heterocycles. The van der Waals surface area contributed by atoms with Crippen molar-refractivity contribution in [3.63, 3.8) is 0 Å². The zero-order valence-electron chi connectivity index (χ0n) is 9.10. The number of nitrogens with zero attached hydrogens (tertiary/aromatic N) is 1. The Morgan fingerprint density at radius 2 is 2.38 bits per heavy atom. The standard InChI is InChI=1S/C8H15N3O3S2/c1-8(12,5-15-2)4-11-16(13,14)7-3-9-6-10-7/h3,6,11-12H,4-5H2,1-2H3,(H,9,10). The molecule has 0 aromatic carbocycles. The van der Waals surface area contributed by atoms with Gasteiger partial charge in [0.25, 0.3) is 10.0 Å². The van der Waals surface area contributed by atoms with E-state index in [1.807, 2.05) is 6.26 Å². The molecule has 0 aliphatic rings. The van der Waals surface area contributed by atoms with Gasteiger partial charge in [-0.3, -0.25) is 0 Å². The van der Waals surface area contributed by atoms with Crippen LogP contribution in [0.4, 0.5) is 0 Å². The van der Waals surface area contributed by atoms with E-state index in [4.69, 9.17) is 0 Å². The Morgan fingerprint density at radius 1 is 1.69 bits per heavy atom. The van der Waals surface area contributed by atoms with Crippen LogP contribution in [0.1, 0.15) is 6.92 Å². The molecule has 1 rings (SSSR count). The first kappa shape index (κ1) is 13.5. The summed E-state index contributed by atoms with van der Waals surface area (Å²) in [5.41, 5.74) is -1.06. The summed E-state index contributed by atoms with van der Waals surface area (Å²) in [4.78, 5) is 6.13. The van der Waals surface area contributed by atoms with Crippen LogP contribution in [-0.4, -0.2) is 47.6 Å². The lowest BCUT2D eigenvalue weighted by molar-refractivity contribution is 0.0908. The summed E-state index contributed by atoms with van der Waals surface area (Å²) in [6.45, 7) is 1.55. The fourth-order valence-electron chi connectivity index (χ4n) is 1.08. The van der Waals surface area contributed by atoms with Crippen LogP contribution in [-0.2, 0) is 10.0 Å². The number of nitrogens with one attached hydrogen (secondary N) is 2. The molecule has 1 atom stereocenters. The maximum absolute atomic E-state index is 11.6. The molecule has 1 aromatic rings. The lowest BCUT2D eigenvalue weighted by atomic mass is 10.1. The van der Waals surface area contributed by atoms with E-state index in [1.165, 1.54) is 24.3 Å². The average molecular weight is 265 g/mol. The first-order valence-electron chi connectivity index (χ1n) is 4.57. The predicted molar refractivity (Wildman–Crippen MR) is 62.8 cm³/mol. The van der Waals surface area contributed by atoms with E-state index in [0.717, 1.165) is 0 Å². The van der Waals surface area contributed by atoms with Gasteiger partial charge in [0.15, 0.2) is 5.03 Å². The van der Waals surface area contributed by atoms with Crippen LogP contribution < -0.4 is 4.72 Å². The van der Waals surface area contributed by atoms with E-state index in [1.54, 1.807) is 6.92 Å². The molecular weight excluding hydrogens is 250 g/mol. The third kappa shape index (κ3) is 3.78. The number of hydrogen-bond acceptors (Lipinski definition) is 5. The molecule has 92 valence electrons. The minimum absolute atomic E-state index is 0.00699. The first-order valence-corrected chi connectivity index (χ1v) is 7.44. The topological polar surface area (TPSA) is 95.1 Å². The first-order chi connectivity index (χ1) is 7.37. The number of aromatic nitrogens is 2. The highest BCUT2D eigenvalue weighted by molar-refractivity contribution is 7.98. The van der Waals surface area contributed by atoms with Gasteiger partial charge in [0.1, 0.15) is 0 Å². The Kier molecular flexibility index (Phi) is 4.36. The van der Waals surface area contributed by atoms with Crippen molar-refractivity contribution in [2.24, 2.45) is 0 Å². The van der Waals surface area contributed by atoms with E-state index in [0.29, 0.717) is 5.75 Å². The number of hydrogen-bond donors (Lipinski definition) is 3. The number of sulfonamides is 1. The van der Waals surface area contributed by atoms with Crippen molar-refractivity contribution in [1.82, 2.24) is 14.7 Å². The molecule has 0 spiro atoms. The summed E-state index contributed by atoms with van der Waals surface area (Å²) in [5.74, 6) is 0.457. The summed E-state index contributed by atoms with van der Waals surface area (Å²) in [7, 11) is -3.61. The zero-order valence-corrected chi connectivity index (χ0v) is 10.7. The molecule has 1 heterocycles. The van der Waals surface area contributed by atoms with Crippen molar-refractivity contribution in [2.75, 3.05) is 18.6 Å². The quantitative estimate of drug-likeness (QED) is 0.662. The molecule has 0 amide bonds. The van der Waals surface area contributed by atoms with Gasteiger partial charge in [-0.05, 0) is 13.2 Å². The van der Waals surface area contributed by atoms with Crippen molar-refractivity contribution >= 4 is 21.8 Å². The minimum Gasteiger partial charge on any atom is -0.388 e. The van der Waals surface area contributed by atoms with Crippen molar-refractivity contribution in [3.8, 4) is 0 Å². The third-order valence-electron chi connectivity index (χ3n) is 1.86.